The number of aliphatic hydroxyl groups is 1. The van der Waals surface area contributed by atoms with Crippen molar-refractivity contribution in [2.75, 3.05) is 31.6 Å². The Morgan fingerprint density at radius 2 is 2.24 bits per heavy atom. The molecule has 0 bridgehead atoms. The number of pyridine rings is 1. The monoisotopic (exact) mass is 342 g/mol. The molecule has 1 fully saturated rings. The van der Waals surface area contributed by atoms with E-state index in [2.05, 4.69) is 20.5 Å². The van der Waals surface area contributed by atoms with Gasteiger partial charge in [-0.3, -0.25) is 9.88 Å². The number of amides is 2. The maximum absolute atomic E-state index is 12.0. The van der Waals surface area contributed by atoms with Gasteiger partial charge in [0.25, 0.3) is 0 Å². The molecule has 134 valence electrons. The van der Waals surface area contributed by atoms with Gasteiger partial charge in [0, 0.05) is 36.4 Å². The molecule has 6 heteroatoms. The summed E-state index contributed by atoms with van der Waals surface area (Å²) in [5.41, 5.74) is 1.60. The Labute approximate surface area is 148 Å². The minimum absolute atomic E-state index is 0.201. The lowest BCUT2D eigenvalue weighted by atomic mass is 10.0. The predicted octanol–water partition coefficient (Wildman–Crippen LogP) is 2.59. The number of nitrogens with zero attached hydrogens (tertiary/aromatic N) is 2. The molecule has 0 radical (unpaired) electrons. The second-order valence-electron chi connectivity index (χ2n) is 6.51. The van der Waals surface area contributed by atoms with E-state index < -0.39 is 0 Å². The first kappa shape index (κ1) is 17.6. The first-order chi connectivity index (χ1) is 12.3. The van der Waals surface area contributed by atoms with Crippen LogP contribution in [0.2, 0.25) is 0 Å². The molecule has 1 atom stereocenters. The largest absolute Gasteiger partial charge is 0.395 e. The Hall–Kier alpha value is -2.18. The molecule has 0 unspecified atom stereocenters. The molecule has 1 saturated heterocycles. The summed E-state index contributed by atoms with van der Waals surface area (Å²) in [5, 5.41) is 16.2. The molecule has 25 heavy (non-hydrogen) atoms. The molecule has 0 spiro atoms. The van der Waals surface area contributed by atoms with E-state index in [9.17, 15) is 9.90 Å². The van der Waals surface area contributed by atoms with Crippen LogP contribution in [0.15, 0.2) is 36.5 Å². The third-order valence-corrected chi connectivity index (χ3v) is 4.73. The number of nitrogens with one attached hydrogen (secondary N) is 2. The fraction of sp³-hybridized carbons (Fsp3) is 0.474. The van der Waals surface area contributed by atoms with Crippen LogP contribution < -0.4 is 10.6 Å². The summed E-state index contributed by atoms with van der Waals surface area (Å²) in [6, 6.07) is 9.67. The van der Waals surface area contributed by atoms with Crippen molar-refractivity contribution in [3.05, 3.63) is 36.5 Å². The third-order valence-electron chi connectivity index (χ3n) is 4.73. The number of likely N-dealkylation sites (tertiary alicyclic amines) is 1. The number of rotatable bonds is 6. The Bertz CT molecular complexity index is 707. The van der Waals surface area contributed by atoms with Crippen LogP contribution >= 0.6 is 0 Å². The van der Waals surface area contributed by atoms with Gasteiger partial charge in [-0.1, -0.05) is 18.6 Å². The quantitative estimate of drug-likeness (QED) is 0.705. The average Bonchev–Trinajstić information content (AvgIpc) is 2.65. The molecule has 1 aromatic carbocycles. The van der Waals surface area contributed by atoms with Crippen LogP contribution in [-0.4, -0.2) is 53.3 Å². The minimum atomic E-state index is -0.201. The summed E-state index contributed by atoms with van der Waals surface area (Å²) in [5.74, 6) is 0. The second kappa shape index (κ2) is 8.78. The van der Waals surface area contributed by atoms with Gasteiger partial charge in [-0.25, -0.2) is 4.79 Å². The molecule has 6 nitrogen and oxygen atoms in total. The van der Waals surface area contributed by atoms with Gasteiger partial charge < -0.3 is 15.7 Å². The highest BCUT2D eigenvalue weighted by Crippen LogP contribution is 2.17. The third kappa shape index (κ3) is 4.90. The second-order valence-corrected chi connectivity index (χ2v) is 6.51. The Morgan fingerprint density at radius 3 is 3.12 bits per heavy atom. The van der Waals surface area contributed by atoms with Crippen molar-refractivity contribution in [1.82, 2.24) is 15.2 Å². The topological polar surface area (TPSA) is 77.5 Å². The highest BCUT2D eigenvalue weighted by atomic mass is 16.3. The van der Waals surface area contributed by atoms with E-state index in [1.807, 2.05) is 30.3 Å². The van der Waals surface area contributed by atoms with E-state index in [-0.39, 0.29) is 18.7 Å². The van der Waals surface area contributed by atoms with Crippen molar-refractivity contribution < 1.29 is 9.90 Å². The van der Waals surface area contributed by atoms with E-state index in [1.165, 1.54) is 12.8 Å². The number of anilines is 1. The number of hydrogen-bond donors (Lipinski definition) is 3. The number of urea groups is 1. The van der Waals surface area contributed by atoms with Gasteiger partial charge >= 0.3 is 6.03 Å². The molecule has 0 saturated carbocycles. The van der Waals surface area contributed by atoms with Gasteiger partial charge in [-0.05, 0) is 44.0 Å². The number of hydrogen-bond acceptors (Lipinski definition) is 4. The number of benzene rings is 1. The minimum Gasteiger partial charge on any atom is -0.395 e. The summed E-state index contributed by atoms with van der Waals surface area (Å²) in [4.78, 5) is 18.6. The maximum atomic E-state index is 12.0. The van der Waals surface area contributed by atoms with Crippen molar-refractivity contribution in [3.63, 3.8) is 0 Å². The summed E-state index contributed by atoms with van der Waals surface area (Å²) < 4.78 is 0. The summed E-state index contributed by atoms with van der Waals surface area (Å²) >= 11 is 0. The van der Waals surface area contributed by atoms with Crippen LogP contribution in [0.4, 0.5) is 10.5 Å². The van der Waals surface area contributed by atoms with E-state index in [1.54, 1.807) is 6.20 Å². The fourth-order valence-electron chi connectivity index (χ4n) is 3.36. The van der Waals surface area contributed by atoms with Crippen LogP contribution in [0.1, 0.15) is 25.7 Å². The van der Waals surface area contributed by atoms with E-state index in [4.69, 9.17) is 0 Å². The highest BCUT2D eigenvalue weighted by Gasteiger charge is 2.20. The molecule has 1 aliphatic heterocycles. The van der Waals surface area contributed by atoms with Crippen LogP contribution in [0.3, 0.4) is 0 Å². The van der Waals surface area contributed by atoms with Crippen molar-refractivity contribution in [1.29, 1.82) is 0 Å². The van der Waals surface area contributed by atoms with Gasteiger partial charge in [0.1, 0.15) is 0 Å². The number of carbonyl (C=O) groups is 1. The molecule has 2 amide bonds. The Kier molecular flexibility index (Phi) is 6.19. The number of fused-ring (bicyclic) bond motifs is 1. The Morgan fingerprint density at radius 1 is 1.32 bits per heavy atom. The SMILES string of the molecule is O=C(NCCCN1CCCC[C@@H]1CO)Nc1ccc2cccnc2c1. The summed E-state index contributed by atoms with van der Waals surface area (Å²) in [6.07, 6.45) is 6.08. The molecular formula is C19H26N4O2. The number of carbonyl (C=O) groups excluding carboxylic acids is 1. The van der Waals surface area contributed by atoms with E-state index in [0.29, 0.717) is 6.54 Å². The van der Waals surface area contributed by atoms with E-state index in [0.717, 1.165) is 42.5 Å². The smallest absolute Gasteiger partial charge is 0.319 e. The molecular weight excluding hydrogens is 316 g/mol. The molecule has 1 aromatic heterocycles. The van der Waals surface area contributed by atoms with Crippen molar-refractivity contribution in [3.8, 4) is 0 Å². The average molecular weight is 342 g/mol. The first-order valence-electron chi connectivity index (χ1n) is 9.01. The lowest BCUT2D eigenvalue weighted by Gasteiger charge is -2.34. The summed E-state index contributed by atoms with van der Waals surface area (Å²) in [7, 11) is 0. The predicted molar refractivity (Wildman–Crippen MR) is 99.7 cm³/mol. The molecule has 1 aliphatic rings. The van der Waals surface area contributed by atoms with Gasteiger partial charge in [-0.15, -0.1) is 0 Å². The zero-order valence-corrected chi connectivity index (χ0v) is 14.4. The van der Waals surface area contributed by atoms with Crippen molar-refractivity contribution in [2.45, 2.75) is 31.7 Å². The van der Waals surface area contributed by atoms with Gasteiger partial charge in [-0.2, -0.15) is 0 Å². The van der Waals surface area contributed by atoms with Gasteiger partial charge in [0.2, 0.25) is 0 Å². The lowest BCUT2D eigenvalue weighted by Crippen LogP contribution is -2.43. The standard InChI is InChI=1S/C19H26N4O2/c24-14-17-6-1-2-11-23(17)12-4-10-21-19(25)22-16-8-7-15-5-3-9-20-18(15)13-16/h3,5,7-9,13,17,24H,1-2,4,6,10-12,14H2,(H2,21,22,25)/t17-/m1/s1. The van der Waals surface area contributed by atoms with Crippen molar-refractivity contribution in [2.24, 2.45) is 0 Å². The van der Waals surface area contributed by atoms with Crippen LogP contribution in [0.5, 0.6) is 0 Å². The zero-order chi connectivity index (χ0) is 17.5. The molecule has 3 rings (SSSR count). The molecule has 2 heterocycles. The fourth-order valence-corrected chi connectivity index (χ4v) is 3.36. The first-order valence-corrected chi connectivity index (χ1v) is 9.01. The highest BCUT2D eigenvalue weighted by molar-refractivity contribution is 5.92. The Balaban J connectivity index is 1.41. The van der Waals surface area contributed by atoms with E-state index >= 15 is 0 Å². The normalized spacial score (nSPS) is 18.2. The number of piperidine rings is 1. The van der Waals surface area contributed by atoms with Gasteiger partial charge in [0.05, 0.1) is 12.1 Å². The van der Waals surface area contributed by atoms with Gasteiger partial charge in [0.15, 0.2) is 0 Å². The molecule has 3 N–H and O–H groups in total. The number of aromatic nitrogens is 1. The summed E-state index contributed by atoms with van der Waals surface area (Å²) in [6.45, 7) is 2.79. The number of aliphatic hydroxyl groups excluding tert-OH is 1. The molecule has 2 aromatic rings. The molecule has 0 aliphatic carbocycles. The lowest BCUT2D eigenvalue weighted by molar-refractivity contribution is 0.0894. The maximum Gasteiger partial charge on any atom is 0.319 e. The zero-order valence-electron chi connectivity index (χ0n) is 14.4. The van der Waals surface area contributed by atoms with Crippen LogP contribution in [0, 0.1) is 0 Å². The van der Waals surface area contributed by atoms with Crippen molar-refractivity contribution >= 4 is 22.6 Å². The van der Waals surface area contributed by atoms with Crippen LogP contribution in [-0.2, 0) is 0 Å². The van der Waals surface area contributed by atoms with Crippen LogP contribution in [0.25, 0.3) is 10.9 Å².